The Labute approximate surface area is 171 Å². The average Bonchev–Trinajstić information content (AvgIpc) is 2.78. The van der Waals surface area contributed by atoms with Crippen LogP contribution in [0.4, 0.5) is 0 Å². The molecular formula is C25H27NO3. The van der Waals surface area contributed by atoms with Crippen LogP contribution in [0.5, 0.6) is 5.75 Å². The molecule has 2 atom stereocenters. The SMILES string of the molecule is CC(NC[C@H]1CC2(OCCCO2)c2ccccc2O1)c1cccc2ccccc12. The maximum absolute atomic E-state index is 6.31. The van der Waals surface area contributed by atoms with E-state index in [1.54, 1.807) is 0 Å². The molecule has 3 aromatic rings. The summed E-state index contributed by atoms with van der Waals surface area (Å²) in [6, 6.07) is 23.3. The summed E-state index contributed by atoms with van der Waals surface area (Å²) in [5.41, 5.74) is 2.32. The number of rotatable bonds is 4. The molecule has 0 amide bonds. The number of fused-ring (bicyclic) bond motifs is 3. The third-order valence-corrected chi connectivity index (χ3v) is 5.99. The van der Waals surface area contributed by atoms with Gasteiger partial charge in [0.2, 0.25) is 5.79 Å². The number of hydrogen-bond donors (Lipinski definition) is 1. The summed E-state index contributed by atoms with van der Waals surface area (Å²) < 4.78 is 18.7. The zero-order valence-corrected chi connectivity index (χ0v) is 16.8. The van der Waals surface area contributed by atoms with Crippen molar-refractivity contribution in [2.75, 3.05) is 19.8 Å². The van der Waals surface area contributed by atoms with Crippen LogP contribution in [0.2, 0.25) is 0 Å². The van der Waals surface area contributed by atoms with Crippen molar-refractivity contribution in [1.29, 1.82) is 0 Å². The van der Waals surface area contributed by atoms with E-state index in [1.165, 1.54) is 16.3 Å². The number of hydrogen-bond acceptors (Lipinski definition) is 4. The summed E-state index contributed by atoms with van der Waals surface area (Å²) >= 11 is 0. The summed E-state index contributed by atoms with van der Waals surface area (Å²) in [5, 5.41) is 6.24. The summed E-state index contributed by atoms with van der Waals surface area (Å²) in [4.78, 5) is 0. The van der Waals surface area contributed by atoms with Crippen LogP contribution in [-0.2, 0) is 15.3 Å². The first-order chi connectivity index (χ1) is 14.3. The Hall–Kier alpha value is -2.40. The molecular weight excluding hydrogens is 362 g/mol. The highest BCUT2D eigenvalue weighted by Gasteiger charge is 2.45. The van der Waals surface area contributed by atoms with Gasteiger partial charge in [-0.25, -0.2) is 0 Å². The van der Waals surface area contributed by atoms with Crippen LogP contribution in [-0.4, -0.2) is 25.9 Å². The molecule has 1 saturated heterocycles. The molecule has 0 saturated carbocycles. The van der Waals surface area contributed by atoms with Crippen molar-refractivity contribution in [2.45, 2.75) is 37.7 Å². The van der Waals surface area contributed by atoms with Crippen LogP contribution < -0.4 is 10.1 Å². The fraction of sp³-hybridized carbons (Fsp3) is 0.360. The molecule has 2 heterocycles. The van der Waals surface area contributed by atoms with Gasteiger partial charge in [-0.15, -0.1) is 0 Å². The highest BCUT2D eigenvalue weighted by atomic mass is 16.7. The van der Waals surface area contributed by atoms with Gasteiger partial charge in [0.25, 0.3) is 0 Å². The molecule has 0 radical (unpaired) electrons. The third-order valence-electron chi connectivity index (χ3n) is 5.99. The Balaban J connectivity index is 1.34. The largest absolute Gasteiger partial charge is 0.488 e. The van der Waals surface area contributed by atoms with E-state index in [4.69, 9.17) is 14.2 Å². The van der Waals surface area contributed by atoms with Crippen LogP contribution in [0.1, 0.15) is 36.9 Å². The topological polar surface area (TPSA) is 39.7 Å². The van der Waals surface area contributed by atoms with Crippen molar-refractivity contribution in [3.63, 3.8) is 0 Å². The van der Waals surface area contributed by atoms with E-state index >= 15 is 0 Å². The number of benzene rings is 3. The molecule has 3 aromatic carbocycles. The monoisotopic (exact) mass is 389 g/mol. The van der Waals surface area contributed by atoms with Crippen LogP contribution >= 0.6 is 0 Å². The molecule has 1 spiro atoms. The fourth-order valence-electron chi connectivity index (χ4n) is 4.52. The molecule has 4 heteroatoms. The van der Waals surface area contributed by atoms with Gasteiger partial charge in [0.1, 0.15) is 11.9 Å². The molecule has 1 N–H and O–H groups in total. The zero-order chi connectivity index (χ0) is 19.7. The molecule has 0 aromatic heterocycles. The van der Waals surface area contributed by atoms with E-state index in [0.29, 0.717) is 6.42 Å². The summed E-state index contributed by atoms with van der Waals surface area (Å²) in [5.74, 6) is 0.188. The second-order valence-corrected chi connectivity index (χ2v) is 7.94. The lowest BCUT2D eigenvalue weighted by Crippen LogP contribution is -2.48. The Morgan fingerprint density at radius 2 is 1.72 bits per heavy atom. The van der Waals surface area contributed by atoms with Crippen molar-refractivity contribution in [3.8, 4) is 5.75 Å². The van der Waals surface area contributed by atoms with E-state index in [1.807, 2.05) is 18.2 Å². The normalized spacial score (nSPS) is 21.5. The minimum absolute atomic E-state index is 0.0135. The minimum Gasteiger partial charge on any atom is -0.488 e. The summed E-state index contributed by atoms with van der Waals surface area (Å²) in [7, 11) is 0. The molecule has 150 valence electrons. The lowest BCUT2D eigenvalue weighted by atomic mass is 9.93. The van der Waals surface area contributed by atoms with Gasteiger partial charge in [-0.3, -0.25) is 0 Å². The first-order valence-electron chi connectivity index (χ1n) is 10.5. The van der Waals surface area contributed by atoms with E-state index in [9.17, 15) is 0 Å². The molecule has 2 aliphatic rings. The van der Waals surface area contributed by atoms with E-state index < -0.39 is 5.79 Å². The third kappa shape index (κ3) is 3.52. The van der Waals surface area contributed by atoms with Gasteiger partial charge in [0, 0.05) is 19.0 Å². The van der Waals surface area contributed by atoms with Crippen LogP contribution in [0.3, 0.4) is 0 Å². The summed E-state index contributed by atoms with van der Waals surface area (Å²) in [6.45, 7) is 4.39. The molecule has 2 aliphatic heterocycles. The van der Waals surface area contributed by atoms with Crippen LogP contribution in [0, 0.1) is 0 Å². The Morgan fingerprint density at radius 1 is 0.966 bits per heavy atom. The maximum atomic E-state index is 6.31. The van der Waals surface area contributed by atoms with Crippen molar-refractivity contribution in [2.24, 2.45) is 0 Å². The zero-order valence-electron chi connectivity index (χ0n) is 16.8. The quantitative estimate of drug-likeness (QED) is 0.687. The van der Waals surface area contributed by atoms with Gasteiger partial charge in [-0.1, -0.05) is 54.6 Å². The van der Waals surface area contributed by atoms with Gasteiger partial charge in [-0.05, 0) is 41.8 Å². The standard InChI is InChI=1S/C25H27NO3/c1-18(21-11-6-9-19-8-2-3-10-22(19)21)26-17-20-16-25(27-14-7-15-28-25)23-12-4-5-13-24(23)29-20/h2-6,8-13,18,20,26H,7,14-17H2,1H3/t18?,20-/m1/s1. The van der Waals surface area contributed by atoms with Gasteiger partial charge in [0.05, 0.1) is 18.8 Å². The Morgan fingerprint density at radius 3 is 2.62 bits per heavy atom. The second kappa shape index (κ2) is 7.79. The van der Waals surface area contributed by atoms with E-state index in [-0.39, 0.29) is 12.1 Å². The maximum Gasteiger partial charge on any atom is 0.202 e. The van der Waals surface area contributed by atoms with Crippen LogP contribution in [0.25, 0.3) is 10.8 Å². The molecule has 0 aliphatic carbocycles. The molecule has 1 unspecified atom stereocenters. The van der Waals surface area contributed by atoms with Crippen molar-refractivity contribution in [1.82, 2.24) is 5.32 Å². The number of ether oxygens (including phenoxy) is 3. The highest BCUT2D eigenvalue weighted by Crippen LogP contribution is 2.44. The van der Waals surface area contributed by atoms with Crippen molar-refractivity contribution >= 4 is 10.8 Å². The number of nitrogens with one attached hydrogen (secondary N) is 1. The van der Waals surface area contributed by atoms with Gasteiger partial charge >= 0.3 is 0 Å². The van der Waals surface area contributed by atoms with Gasteiger partial charge in [0.15, 0.2) is 0 Å². The van der Waals surface area contributed by atoms with Gasteiger partial charge in [-0.2, -0.15) is 0 Å². The Bertz CT molecular complexity index is 991. The molecule has 1 fully saturated rings. The fourth-order valence-corrected chi connectivity index (χ4v) is 4.52. The molecule has 5 rings (SSSR count). The van der Waals surface area contributed by atoms with E-state index in [2.05, 4.69) is 60.8 Å². The van der Waals surface area contributed by atoms with Gasteiger partial charge < -0.3 is 19.5 Å². The highest BCUT2D eigenvalue weighted by molar-refractivity contribution is 5.86. The predicted octanol–water partition coefficient (Wildman–Crippen LogP) is 4.93. The van der Waals surface area contributed by atoms with Crippen LogP contribution in [0.15, 0.2) is 66.7 Å². The van der Waals surface area contributed by atoms with Crippen molar-refractivity contribution in [3.05, 3.63) is 77.9 Å². The number of para-hydroxylation sites is 1. The molecule has 0 bridgehead atoms. The molecule has 29 heavy (non-hydrogen) atoms. The predicted molar refractivity (Wildman–Crippen MR) is 114 cm³/mol. The average molecular weight is 389 g/mol. The van der Waals surface area contributed by atoms with Crippen molar-refractivity contribution < 1.29 is 14.2 Å². The smallest absolute Gasteiger partial charge is 0.202 e. The lowest BCUT2D eigenvalue weighted by molar-refractivity contribution is -0.293. The Kier molecular flexibility index (Phi) is 5.00. The first-order valence-corrected chi connectivity index (χ1v) is 10.5. The minimum atomic E-state index is -0.678. The lowest BCUT2D eigenvalue weighted by Gasteiger charge is -2.44. The van der Waals surface area contributed by atoms with E-state index in [0.717, 1.165) is 37.5 Å². The summed E-state index contributed by atoms with van der Waals surface area (Å²) in [6.07, 6.45) is 1.62. The first kappa shape index (κ1) is 18.6. The second-order valence-electron chi connectivity index (χ2n) is 7.94. The molecule has 4 nitrogen and oxygen atoms in total.